The molecule has 0 bridgehead atoms. The molecule has 0 heterocycles. The molecule has 0 aliphatic rings. The lowest BCUT2D eigenvalue weighted by Crippen LogP contribution is -2.38. The van der Waals surface area contributed by atoms with Crippen LogP contribution in [0.5, 0.6) is 0 Å². The van der Waals surface area contributed by atoms with Crippen molar-refractivity contribution in [3.8, 4) is 11.1 Å². The first-order valence-electron chi connectivity index (χ1n) is 9.73. The van der Waals surface area contributed by atoms with E-state index in [4.69, 9.17) is 0 Å². The summed E-state index contributed by atoms with van der Waals surface area (Å²) in [7, 11) is -3.79. The topological polar surface area (TPSA) is 66.4 Å². The summed E-state index contributed by atoms with van der Waals surface area (Å²) in [6, 6.07) is 30.0. The smallest absolute Gasteiger partial charge is 0.241 e. The summed E-state index contributed by atoms with van der Waals surface area (Å²) in [5.74, 6) is 0. The third-order valence-corrected chi connectivity index (χ3v) is 6.72. The van der Waals surface area contributed by atoms with Crippen LogP contribution in [0.1, 0.15) is 12.5 Å². The largest absolute Gasteiger partial charge is 0.384 e. The minimum Gasteiger partial charge on any atom is -0.384 e. The molecule has 0 radical (unpaired) electrons. The second kappa shape index (κ2) is 8.03. The Morgan fingerprint density at radius 2 is 1.37 bits per heavy atom. The van der Waals surface area contributed by atoms with Gasteiger partial charge >= 0.3 is 0 Å². The number of benzene rings is 4. The number of fused-ring (bicyclic) bond motifs is 1. The van der Waals surface area contributed by atoms with Gasteiger partial charge in [-0.1, -0.05) is 91.0 Å². The molecule has 30 heavy (non-hydrogen) atoms. The molecular formula is C25H23NO3S. The van der Waals surface area contributed by atoms with E-state index in [9.17, 15) is 13.5 Å². The summed E-state index contributed by atoms with van der Waals surface area (Å²) < 4.78 is 28.5. The monoisotopic (exact) mass is 417 g/mol. The highest BCUT2D eigenvalue weighted by Gasteiger charge is 2.27. The number of nitrogens with one attached hydrogen (secondary N) is 1. The van der Waals surface area contributed by atoms with E-state index in [1.165, 1.54) is 0 Å². The van der Waals surface area contributed by atoms with Crippen LogP contribution in [0, 0.1) is 0 Å². The zero-order valence-electron chi connectivity index (χ0n) is 16.6. The standard InChI is InChI=1S/C25H23NO3S/c1-25(27,22-16-14-20(15-17-22)19-8-3-2-4-9-19)18-26-30(28,29)24-13-7-11-21-10-5-6-12-23(21)24/h2-17,26-27H,18H2,1H3. The van der Waals surface area contributed by atoms with Crippen LogP contribution >= 0.6 is 0 Å². The minimum atomic E-state index is -3.79. The molecule has 0 saturated heterocycles. The molecule has 2 N–H and O–H groups in total. The van der Waals surface area contributed by atoms with E-state index in [-0.39, 0.29) is 11.4 Å². The molecule has 0 amide bonds. The maximum Gasteiger partial charge on any atom is 0.241 e. The summed E-state index contributed by atoms with van der Waals surface area (Å²) in [5, 5.41) is 12.4. The van der Waals surface area contributed by atoms with Crippen LogP contribution in [-0.4, -0.2) is 20.1 Å². The molecule has 0 fully saturated rings. The predicted octanol–water partition coefficient (Wildman–Crippen LogP) is 4.69. The van der Waals surface area contributed by atoms with Crippen LogP contribution in [0.4, 0.5) is 0 Å². The van der Waals surface area contributed by atoms with Crippen LogP contribution in [0.3, 0.4) is 0 Å². The third kappa shape index (κ3) is 4.14. The van der Waals surface area contributed by atoms with Gasteiger partial charge < -0.3 is 5.11 Å². The zero-order valence-corrected chi connectivity index (χ0v) is 17.4. The van der Waals surface area contributed by atoms with Crippen molar-refractivity contribution in [2.45, 2.75) is 17.4 Å². The maximum absolute atomic E-state index is 12.9. The second-order valence-electron chi connectivity index (χ2n) is 7.52. The van der Waals surface area contributed by atoms with Crippen molar-refractivity contribution < 1.29 is 13.5 Å². The van der Waals surface area contributed by atoms with Crippen LogP contribution in [0.2, 0.25) is 0 Å². The Kier molecular flexibility index (Phi) is 5.43. The van der Waals surface area contributed by atoms with Gasteiger partial charge in [-0.15, -0.1) is 0 Å². The summed E-state index contributed by atoms with van der Waals surface area (Å²) in [6.45, 7) is 1.47. The van der Waals surface area contributed by atoms with E-state index >= 15 is 0 Å². The first-order chi connectivity index (χ1) is 14.4. The van der Waals surface area contributed by atoms with Crippen molar-refractivity contribution in [1.29, 1.82) is 0 Å². The van der Waals surface area contributed by atoms with Crippen molar-refractivity contribution in [3.63, 3.8) is 0 Å². The number of rotatable bonds is 6. The molecule has 0 aromatic heterocycles. The molecule has 0 saturated carbocycles. The van der Waals surface area contributed by atoms with Crippen LogP contribution in [0.25, 0.3) is 21.9 Å². The van der Waals surface area contributed by atoms with E-state index < -0.39 is 15.6 Å². The minimum absolute atomic E-state index is 0.136. The molecule has 1 unspecified atom stereocenters. The first-order valence-corrected chi connectivity index (χ1v) is 11.2. The van der Waals surface area contributed by atoms with E-state index in [0.717, 1.165) is 16.5 Å². The third-order valence-electron chi connectivity index (χ3n) is 5.26. The van der Waals surface area contributed by atoms with Crippen LogP contribution in [-0.2, 0) is 15.6 Å². The van der Waals surface area contributed by atoms with Crippen molar-refractivity contribution in [2.75, 3.05) is 6.54 Å². The van der Waals surface area contributed by atoms with Gasteiger partial charge in [0, 0.05) is 11.9 Å². The Hall–Kier alpha value is -2.99. The number of sulfonamides is 1. The van der Waals surface area contributed by atoms with Gasteiger partial charge in [-0.05, 0) is 35.1 Å². The Morgan fingerprint density at radius 3 is 2.10 bits per heavy atom. The summed E-state index contributed by atoms with van der Waals surface area (Å²) in [6.07, 6.45) is 0. The van der Waals surface area contributed by atoms with E-state index in [0.29, 0.717) is 10.9 Å². The zero-order chi connectivity index (χ0) is 21.2. The van der Waals surface area contributed by atoms with Gasteiger partial charge in [-0.25, -0.2) is 13.1 Å². The van der Waals surface area contributed by atoms with Crippen LogP contribution in [0.15, 0.2) is 102 Å². The van der Waals surface area contributed by atoms with E-state index in [2.05, 4.69) is 4.72 Å². The molecule has 0 aliphatic heterocycles. The lowest BCUT2D eigenvalue weighted by atomic mass is 9.94. The van der Waals surface area contributed by atoms with Crippen molar-refractivity contribution in [3.05, 3.63) is 103 Å². The normalized spacial score (nSPS) is 13.8. The number of hydrogen-bond acceptors (Lipinski definition) is 3. The summed E-state index contributed by atoms with van der Waals surface area (Å²) >= 11 is 0. The SMILES string of the molecule is CC(O)(CNS(=O)(=O)c1cccc2ccccc12)c1ccc(-c2ccccc2)cc1. The van der Waals surface area contributed by atoms with Gasteiger partial charge in [0.15, 0.2) is 0 Å². The summed E-state index contributed by atoms with van der Waals surface area (Å²) in [4.78, 5) is 0.204. The van der Waals surface area contributed by atoms with E-state index in [1.807, 2.05) is 78.9 Å². The fourth-order valence-electron chi connectivity index (χ4n) is 3.50. The highest BCUT2D eigenvalue weighted by molar-refractivity contribution is 7.89. The number of aliphatic hydroxyl groups is 1. The van der Waals surface area contributed by atoms with Crippen molar-refractivity contribution >= 4 is 20.8 Å². The van der Waals surface area contributed by atoms with Gasteiger partial charge in [0.05, 0.1) is 4.90 Å². The van der Waals surface area contributed by atoms with Gasteiger partial charge in [-0.3, -0.25) is 0 Å². The molecular weight excluding hydrogens is 394 g/mol. The molecule has 4 aromatic carbocycles. The molecule has 4 nitrogen and oxygen atoms in total. The van der Waals surface area contributed by atoms with Crippen LogP contribution < -0.4 is 4.72 Å². The van der Waals surface area contributed by atoms with Gasteiger partial charge in [0.2, 0.25) is 10.0 Å². The molecule has 4 rings (SSSR count). The molecule has 5 heteroatoms. The second-order valence-corrected chi connectivity index (χ2v) is 9.25. The molecule has 4 aromatic rings. The highest BCUT2D eigenvalue weighted by atomic mass is 32.2. The number of hydrogen-bond donors (Lipinski definition) is 2. The average molecular weight is 418 g/mol. The Morgan fingerprint density at radius 1 is 0.767 bits per heavy atom. The quantitative estimate of drug-likeness (QED) is 0.478. The first kappa shape index (κ1) is 20.3. The lowest BCUT2D eigenvalue weighted by Gasteiger charge is -2.24. The van der Waals surface area contributed by atoms with Crippen molar-refractivity contribution in [2.24, 2.45) is 0 Å². The Labute approximate surface area is 176 Å². The van der Waals surface area contributed by atoms with Gasteiger partial charge in [0.1, 0.15) is 5.60 Å². The van der Waals surface area contributed by atoms with Gasteiger partial charge in [-0.2, -0.15) is 0 Å². The molecule has 0 aliphatic carbocycles. The molecule has 152 valence electrons. The summed E-state index contributed by atoms with van der Waals surface area (Å²) in [5.41, 5.74) is 1.40. The van der Waals surface area contributed by atoms with Crippen molar-refractivity contribution in [1.82, 2.24) is 4.72 Å². The van der Waals surface area contributed by atoms with Gasteiger partial charge in [0.25, 0.3) is 0 Å². The molecule has 1 atom stereocenters. The fourth-order valence-corrected chi connectivity index (χ4v) is 4.86. The fraction of sp³-hybridized carbons (Fsp3) is 0.120. The maximum atomic E-state index is 12.9. The van der Waals surface area contributed by atoms with E-state index in [1.54, 1.807) is 25.1 Å². The molecule has 0 spiro atoms. The highest BCUT2D eigenvalue weighted by Crippen LogP contribution is 2.26. The Balaban J connectivity index is 1.54. The predicted molar refractivity (Wildman–Crippen MR) is 121 cm³/mol. The average Bonchev–Trinajstić information content (AvgIpc) is 2.78. The Bertz CT molecular complexity index is 1260. The lowest BCUT2D eigenvalue weighted by molar-refractivity contribution is 0.0628.